The molecule has 0 fully saturated rings. The first-order valence-electron chi connectivity index (χ1n) is 8.41. The first-order chi connectivity index (χ1) is 14.1. The lowest BCUT2D eigenvalue weighted by molar-refractivity contribution is 0.415. The van der Waals surface area contributed by atoms with Gasteiger partial charge in [-0.2, -0.15) is 21.9 Å². The number of nitrogens with one attached hydrogen (secondary N) is 1. The molecule has 0 saturated heterocycles. The Morgan fingerprint density at radius 1 is 1.17 bits per heavy atom. The van der Waals surface area contributed by atoms with Crippen molar-refractivity contribution in [3.63, 3.8) is 0 Å². The number of azo groups is 1. The van der Waals surface area contributed by atoms with E-state index in [0.717, 1.165) is 16.2 Å². The third-order valence-electron chi connectivity index (χ3n) is 4.35. The van der Waals surface area contributed by atoms with Crippen LogP contribution in [0, 0.1) is 6.92 Å². The normalized spacial score (nSPS) is 14.8. The van der Waals surface area contributed by atoms with E-state index >= 15 is 0 Å². The van der Waals surface area contributed by atoms with Gasteiger partial charge in [0.2, 0.25) is 0 Å². The predicted octanol–water partition coefficient (Wildman–Crippen LogP) is 3.16. The first-order valence-corrected chi connectivity index (χ1v) is 11.3. The van der Waals surface area contributed by atoms with Gasteiger partial charge in [0, 0.05) is 0 Å². The van der Waals surface area contributed by atoms with Crippen LogP contribution in [0.25, 0.3) is 0 Å². The van der Waals surface area contributed by atoms with Crippen molar-refractivity contribution in [2.75, 3.05) is 12.4 Å². The molecule has 1 aromatic heterocycles. The molecule has 0 bridgehead atoms. The fourth-order valence-corrected chi connectivity index (χ4v) is 4.86. The Hall–Kier alpha value is -3.29. The summed E-state index contributed by atoms with van der Waals surface area (Å²) in [6.07, 6.45) is 0. The third-order valence-corrected chi connectivity index (χ3v) is 6.83. The van der Waals surface area contributed by atoms with Gasteiger partial charge in [0.25, 0.3) is 20.1 Å². The maximum atomic E-state index is 12.9. The summed E-state index contributed by atoms with van der Waals surface area (Å²) < 4.78 is 63.8. The van der Waals surface area contributed by atoms with Crippen LogP contribution in [0.2, 0.25) is 0 Å². The number of hydrogen-bond acceptors (Lipinski definition) is 9. The third kappa shape index (κ3) is 3.22. The summed E-state index contributed by atoms with van der Waals surface area (Å²) in [6, 6.07) is 9.93. The zero-order valence-electron chi connectivity index (χ0n) is 15.6. The van der Waals surface area contributed by atoms with Crippen LogP contribution in [0.5, 0.6) is 5.75 Å². The number of para-hydroxylation sites is 1. The molecule has 0 aliphatic carbocycles. The SMILES string of the molecule is COc1ccc(S(=O)(=O)O)cc1/N=N/c1c(C)nn2c1Nc1ccccc1S2(=O)=O. The van der Waals surface area contributed by atoms with E-state index in [1.807, 2.05) is 0 Å². The molecule has 30 heavy (non-hydrogen) atoms. The van der Waals surface area contributed by atoms with Gasteiger partial charge in [0.15, 0.2) is 11.5 Å². The van der Waals surface area contributed by atoms with E-state index in [9.17, 15) is 21.4 Å². The Labute approximate surface area is 171 Å². The van der Waals surface area contributed by atoms with Crippen molar-refractivity contribution >= 4 is 43.0 Å². The van der Waals surface area contributed by atoms with Crippen LogP contribution < -0.4 is 10.1 Å². The van der Waals surface area contributed by atoms with Gasteiger partial charge in [-0.1, -0.05) is 12.1 Å². The van der Waals surface area contributed by atoms with Gasteiger partial charge in [-0.05, 0) is 37.3 Å². The molecule has 0 spiro atoms. The van der Waals surface area contributed by atoms with Gasteiger partial charge < -0.3 is 10.1 Å². The van der Waals surface area contributed by atoms with Gasteiger partial charge in [-0.25, -0.2) is 0 Å². The molecule has 0 atom stereocenters. The summed E-state index contributed by atoms with van der Waals surface area (Å²) >= 11 is 0. The molecule has 0 unspecified atom stereocenters. The zero-order chi connectivity index (χ0) is 21.7. The Morgan fingerprint density at radius 3 is 2.60 bits per heavy atom. The molecule has 2 heterocycles. The van der Waals surface area contributed by atoms with Gasteiger partial charge >= 0.3 is 0 Å². The highest BCUT2D eigenvalue weighted by molar-refractivity contribution is 7.90. The van der Waals surface area contributed by atoms with Gasteiger partial charge in [-0.15, -0.1) is 14.3 Å². The smallest absolute Gasteiger partial charge is 0.294 e. The predicted molar refractivity (Wildman–Crippen MR) is 106 cm³/mol. The van der Waals surface area contributed by atoms with E-state index in [2.05, 4.69) is 20.6 Å². The summed E-state index contributed by atoms with van der Waals surface area (Å²) in [5, 5.41) is 15.1. The highest BCUT2D eigenvalue weighted by atomic mass is 32.2. The maximum absolute atomic E-state index is 12.9. The first kappa shape index (κ1) is 20.0. The van der Waals surface area contributed by atoms with Crippen molar-refractivity contribution in [2.45, 2.75) is 16.7 Å². The van der Waals surface area contributed by atoms with E-state index < -0.39 is 20.1 Å². The summed E-state index contributed by atoms with van der Waals surface area (Å²) in [4.78, 5) is -0.313. The molecular weight excluding hydrogens is 434 g/mol. The van der Waals surface area contributed by atoms with Crippen molar-refractivity contribution in [1.82, 2.24) is 9.19 Å². The highest BCUT2D eigenvalue weighted by Gasteiger charge is 2.33. The number of aryl methyl sites for hydroxylation is 1. The number of methoxy groups -OCH3 is 1. The van der Waals surface area contributed by atoms with E-state index in [0.29, 0.717) is 5.69 Å². The molecule has 2 aromatic carbocycles. The molecule has 1 aliphatic rings. The molecule has 4 rings (SSSR count). The van der Waals surface area contributed by atoms with Crippen molar-refractivity contribution in [1.29, 1.82) is 0 Å². The largest absolute Gasteiger partial charge is 0.494 e. The number of rotatable bonds is 4. The van der Waals surface area contributed by atoms with Gasteiger partial charge in [-0.3, -0.25) is 4.55 Å². The zero-order valence-corrected chi connectivity index (χ0v) is 17.3. The Balaban J connectivity index is 1.83. The number of nitrogens with zero attached hydrogens (tertiary/aromatic N) is 4. The second-order valence-corrected chi connectivity index (χ2v) is 9.42. The highest BCUT2D eigenvalue weighted by Crippen LogP contribution is 2.41. The fourth-order valence-electron chi connectivity index (χ4n) is 2.92. The van der Waals surface area contributed by atoms with Crippen LogP contribution in [0.15, 0.2) is 62.5 Å². The Morgan fingerprint density at radius 2 is 1.90 bits per heavy atom. The minimum absolute atomic E-state index is 0.0195. The molecular formula is C17H15N5O6S2. The number of ether oxygens (including phenoxy) is 1. The second kappa shape index (κ2) is 6.90. The molecule has 0 saturated carbocycles. The lowest BCUT2D eigenvalue weighted by atomic mass is 10.3. The topological polar surface area (TPSA) is 152 Å². The van der Waals surface area contributed by atoms with Gasteiger partial charge in [0.1, 0.15) is 16.3 Å². The fraction of sp³-hybridized carbons (Fsp3) is 0.118. The van der Waals surface area contributed by atoms with Crippen LogP contribution in [-0.4, -0.2) is 37.7 Å². The number of anilines is 2. The lowest BCUT2D eigenvalue weighted by Gasteiger charge is -2.19. The minimum atomic E-state index is -4.46. The minimum Gasteiger partial charge on any atom is -0.494 e. The van der Waals surface area contributed by atoms with Crippen molar-refractivity contribution in [3.05, 3.63) is 48.2 Å². The van der Waals surface area contributed by atoms with Crippen LogP contribution in [0.1, 0.15) is 5.69 Å². The van der Waals surface area contributed by atoms with Crippen molar-refractivity contribution < 1.29 is 26.1 Å². The van der Waals surface area contributed by atoms with E-state index in [4.69, 9.17) is 4.74 Å². The van der Waals surface area contributed by atoms with Crippen LogP contribution in [0.3, 0.4) is 0 Å². The number of hydrogen-bond donors (Lipinski definition) is 2. The monoisotopic (exact) mass is 449 g/mol. The molecule has 2 N–H and O–H groups in total. The molecule has 1 aliphatic heterocycles. The lowest BCUT2D eigenvalue weighted by Crippen LogP contribution is -2.22. The Bertz CT molecular complexity index is 1410. The van der Waals surface area contributed by atoms with Crippen LogP contribution in [-0.2, 0) is 20.1 Å². The molecule has 11 nitrogen and oxygen atoms in total. The van der Waals surface area contributed by atoms with Gasteiger partial charge in [0.05, 0.1) is 23.4 Å². The van der Waals surface area contributed by atoms with E-state index in [1.165, 1.54) is 19.2 Å². The number of fused-ring (bicyclic) bond motifs is 2. The van der Waals surface area contributed by atoms with E-state index in [1.54, 1.807) is 25.1 Å². The quantitative estimate of drug-likeness (QED) is 0.356. The average molecular weight is 449 g/mol. The van der Waals surface area contributed by atoms with Crippen molar-refractivity contribution in [2.24, 2.45) is 10.2 Å². The molecule has 0 amide bonds. The summed E-state index contributed by atoms with van der Waals surface area (Å²) in [6.45, 7) is 1.56. The van der Waals surface area contributed by atoms with Crippen molar-refractivity contribution in [3.8, 4) is 5.75 Å². The van der Waals surface area contributed by atoms with Crippen LogP contribution in [0.4, 0.5) is 22.9 Å². The average Bonchev–Trinajstić information content (AvgIpc) is 3.02. The molecule has 13 heteroatoms. The standard InChI is InChI=1S/C17H15N5O6S2/c1-10-16(20-19-13-9-11(30(25,26)27)7-8-14(13)28-2)17-18-12-5-3-4-6-15(12)29(23,24)22(17)21-10/h3-9,18H,1-2H3,(H,25,26,27)/b20-19+. The molecule has 0 radical (unpaired) electrons. The van der Waals surface area contributed by atoms with E-state index in [-0.39, 0.29) is 38.4 Å². The number of aromatic nitrogens is 2. The maximum Gasteiger partial charge on any atom is 0.294 e. The van der Waals surface area contributed by atoms with Crippen LogP contribution >= 0.6 is 0 Å². The number of benzene rings is 2. The summed E-state index contributed by atoms with van der Waals surface area (Å²) in [5.74, 6) is 0.301. The Kier molecular flexibility index (Phi) is 4.60. The summed E-state index contributed by atoms with van der Waals surface area (Å²) in [5.41, 5.74) is 0.813. The second-order valence-electron chi connectivity index (χ2n) is 6.26. The molecule has 156 valence electrons. The molecule has 3 aromatic rings. The summed E-state index contributed by atoms with van der Waals surface area (Å²) in [7, 11) is -7.02.